The fraction of sp³-hybridized carbons (Fsp3) is 0.375. The van der Waals surface area contributed by atoms with Crippen LogP contribution in [0.4, 0.5) is 0 Å². The third kappa shape index (κ3) is 3.24. The first-order chi connectivity index (χ1) is 10.2. The van der Waals surface area contributed by atoms with Gasteiger partial charge in [0.1, 0.15) is 11.4 Å². The fourth-order valence-corrected chi connectivity index (χ4v) is 2.59. The molecule has 2 heterocycles. The van der Waals surface area contributed by atoms with Crippen LogP contribution in [-0.2, 0) is 13.5 Å². The zero-order valence-electron chi connectivity index (χ0n) is 12.1. The van der Waals surface area contributed by atoms with E-state index in [1.165, 1.54) is 5.56 Å². The topological polar surface area (TPSA) is 56.2 Å². The van der Waals surface area contributed by atoms with Crippen LogP contribution in [0.3, 0.4) is 0 Å². The van der Waals surface area contributed by atoms with Gasteiger partial charge in [-0.3, -0.25) is 4.79 Å². The number of carbonyl (C=O) groups is 1. The van der Waals surface area contributed by atoms with Crippen LogP contribution < -0.4 is 10.1 Å². The normalized spacial score (nSPS) is 17.5. The van der Waals surface area contributed by atoms with Gasteiger partial charge in [0.25, 0.3) is 5.91 Å². The molecule has 1 unspecified atom stereocenters. The van der Waals surface area contributed by atoms with E-state index in [-0.39, 0.29) is 5.91 Å². The second-order valence-corrected chi connectivity index (χ2v) is 5.45. The highest BCUT2D eigenvalue weighted by Gasteiger charge is 2.18. The highest BCUT2D eigenvalue weighted by molar-refractivity contribution is 5.91. The number of rotatable bonds is 3. The Morgan fingerprint density at radius 3 is 3.14 bits per heavy atom. The van der Waals surface area contributed by atoms with Crippen LogP contribution in [0, 0.1) is 5.92 Å². The van der Waals surface area contributed by atoms with Gasteiger partial charge >= 0.3 is 0 Å². The molecule has 0 aliphatic carbocycles. The minimum absolute atomic E-state index is 0.117. The van der Waals surface area contributed by atoms with E-state index in [1.807, 2.05) is 25.2 Å². The minimum atomic E-state index is -0.117. The molecule has 0 radical (unpaired) electrons. The lowest BCUT2D eigenvalue weighted by molar-refractivity contribution is 0.0941. The molecule has 1 aromatic carbocycles. The zero-order valence-corrected chi connectivity index (χ0v) is 12.1. The molecule has 1 aromatic heterocycles. The molecular formula is C16H19N3O2. The smallest absolute Gasteiger partial charge is 0.271 e. The fourth-order valence-electron chi connectivity index (χ4n) is 2.59. The maximum atomic E-state index is 12.0. The predicted octanol–water partition coefficient (Wildman–Crippen LogP) is 1.79. The largest absolute Gasteiger partial charge is 0.493 e. The summed E-state index contributed by atoms with van der Waals surface area (Å²) in [6, 6.07) is 8.11. The number of fused-ring (bicyclic) bond motifs is 1. The second kappa shape index (κ2) is 5.99. The lowest BCUT2D eigenvalue weighted by Crippen LogP contribution is -2.30. The number of hydrogen-bond donors (Lipinski definition) is 1. The van der Waals surface area contributed by atoms with E-state index in [0.717, 1.165) is 18.6 Å². The van der Waals surface area contributed by atoms with Crippen LogP contribution in [0.1, 0.15) is 22.5 Å². The number of carbonyl (C=O) groups excluding carboxylic acids is 1. The number of aromatic nitrogens is 2. The Kier molecular flexibility index (Phi) is 3.90. The number of hydrogen-bond acceptors (Lipinski definition) is 3. The lowest BCUT2D eigenvalue weighted by atomic mass is 9.97. The third-order valence-electron chi connectivity index (χ3n) is 3.75. The van der Waals surface area contributed by atoms with Gasteiger partial charge in [0.2, 0.25) is 0 Å². The number of benzene rings is 1. The van der Waals surface area contributed by atoms with Gasteiger partial charge in [-0.2, -0.15) is 0 Å². The first-order valence-corrected chi connectivity index (χ1v) is 7.19. The first-order valence-electron chi connectivity index (χ1n) is 7.19. The molecule has 1 aliphatic heterocycles. The van der Waals surface area contributed by atoms with E-state index in [9.17, 15) is 4.79 Å². The van der Waals surface area contributed by atoms with Crippen LogP contribution in [0.25, 0.3) is 0 Å². The first kappa shape index (κ1) is 13.7. The molecule has 1 aliphatic rings. The Balaban J connectivity index is 1.60. The molecular weight excluding hydrogens is 266 g/mol. The van der Waals surface area contributed by atoms with Gasteiger partial charge in [-0.1, -0.05) is 18.2 Å². The van der Waals surface area contributed by atoms with Crippen LogP contribution in [-0.4, -0.2) is 28.6 Å². The Bertz CT molecular complexity index is 636. The summed E-state index contributed by atoms with van der Waals surface area (Å²) in [5.41, 5.74) is 1.68. The van der Waals surface area contributed by atoms with Gasteiger partial charge in [0.15, 0.2) is 0 Å². The van der Waals surface area contributed by atoms with E-state index >= 15 is 0 Å². The summed E-state index contributed by atoms with van der Waals surface area (Å²) < 4.78 is 7.51. The van der Waals surface area contributed by atoms with Crippen molar-refractivity contribution in [2.45, 2.75) is 12.8 Å². The molecule has 5 heteroatoms. The summed E-state index contributed by atoms with van der Waals surface area (Å²) in [6.45, 7) is 1.34. The summed E-state index contributed by atoms with van der Waals surface area (Å²) in [4.78, 5) is 16.1. The quantitative estimate of drug-likeness (QED) is 0.935. The van der Waals surface area contributed by atoms with Gasteiger partial charge < -0.3 is 14.6 Å². The predicted molar refractivity (Wildman–Crippen MR) is 79.3 cm³/mol. The second-order valence-electron chi connectivity index (χ2n) is 5.45. The third-order valence-corrected chi connectivity index (χ3v) is 3.75. The monoisotopic (exact) mass is 285 g/mol. The Morgan fingerprint density at radius 2 is 2.33 bits per heavy atom. The molecule has 21 heavy (non-hydrogen) atoms. The van der Waals surface area contributed by atoms with Crippen molar-refractivity contribution in [1.82, 2.24) is 14.9 Å². The number of para-hydroxylation sites is 1. The molecule has 3 rings (SSSR count). The number of imidazole rings is 1. The molecule has 0 bridgehead atoms. The molecule has 0 spiro atoms. The summed E-state index contributed by atoms with van der Waals surface area (Å²) in [7, 11) is 1.85. The van der Waals surface area contributed by atoms with E-state index in [0.29, 0.717) is 24.8 Å². The van der Waals surface area contributed by atoms with Crippen molar-refractivity contribution in [3.8, 4) is 5.75 Å². The zero-order chi connectivity index (χ0) is 14.7. The number of amides is 1. The summed E-state index contributed by atoms with van der Waals surface area (Å²) in [6.07, 6.45) is 5.22. The van der Waals surface area contributed by atoms with E-state index < -0.39 is 0 Å². The van der Waals surface area contributed by atoms with E-state index in [1.54, 1.807) is 17.1 Å². The summed E-state index contributed by atoms with van der Waals surface area (Å²) in [5.74, 6) is 1.24. The molecule has 1 atom stereocenters. The Labute approximate surface area is 124 Å². The number of nitrogens with one attached hydrogen (secondary N) is 1. The number of aryl methyl sites for hydroxylation is 1. The Hall–Kier alpha value is -2.30. The maximum Gasteiger partial charge on any atom is 0.271 e. The molecule has 0 fully saturated rings. The molecule has 5 nitrogen and oxygen atoms in total. The summed E-state index contributed by atoms with van der Waals surface area (Å²) in [5, 5.41) is 2.97. The average molecular weight is 285 g/mol. The highest BCUT2D eigenvalue weighted by Crippen LogP contribution is 2.26. The number of nitrogens with zero attached hydrogens (tertiary/aromatic N) is 2. The van der Waals surface area contributed by atoms with Gasteiger partial charge in [-0.05, 0) is 30.4 Å². The summed E-state index contributed by atoms with van der Waals surface area (Å²) >= 11 is 0. The van der Waals surface area contributed by atoms with Gasteiger partial charge in [-0.15, -0.1) is 0 Å². The van der Waals surface area contributed by atoms with Crippen molar-refractivity contribution in [2.75, 3.05) is 13.2 Å². The van der Waals surface area contributed by atoms with Gasteiger partial charge in [0.05, 0.1) is 12.9 Å². The molecule has 110 valence electrons. The molecule has 0 saturated heterocycles. The lowest BCUT2D eigenvalue weighted by Gasteiger charge is -2.14. The van der Waals surface area contributed by atoms with E-state index in [2.05, 4.69) is 16.4 Å². The van der Waals surface area contributed by atoms with Gasteiger partial charge in [-0.25, -0.2) is 4.98 Å². The molecule has 2 aromatic rings. The van der Waals surface area contributed by atoms with Crippen LogP contribution in [0.5, 0.6) is 5.75 Å². The number of ether oxygens (including phenoxy) is 1. The standard InChI is InChI=1S/C16H19N3O2/c1-19-10-14(18-11-19)16(20)17-9-12-6-7-21-15-5-3-2-4-13(15)8-12/h2-5,10-12H,6-9H2,1H3,(H,17,20). The van der Waals surface area contributed by atoms with Crippen LogP contribution in [0.2, 0.25) is 0 Å². The van der Waals surface area contributed by atoms with Crippen molar-refractivity contribution in [3.63, 3.8) is 0 Å². The van der Waals surface area contributed by atoms with Gasteiger partial charge in [0, 0.05) is 19.8 Å². The molecule has 1 N–H and O–H groups in total. The molecule has 0 saturated carbocycles. The average Bonchev–Trinajstić information content (AvgIpc) is 2.82. The van der Waals surface area contributed by atoms with Crippen molar-refractivity contribution in [2.24, 2.45) is 13.0 Å². The van der Waals surface area contributed by atoms with E-state index in [4.69, 9.17) is 4.74 Å². The van der Waals surface area contributed by atoms with Crippen LogP contribution in [0.15, 0.2) is 36.8 Å². The van der Waals surface area contributed by atoms with Crippen molar-refractivity contribution in [1.29, 1.82) is 0 Å². The SMILES string of the molecule is Cn1cnc(C(=O)NCC2CCOc3ccccc3C2)c1. The minimum Gasteiger partial charge on any atom is -0.493 e. The maximum absolute atomic E-state index is 12.0. The Morgan fingerprint density at radius 1 is 1.48 bits per heavy atom. The van der Waals surface area contributed by atoms with Crippen molar-refractivity contribution in [3.05, 3.63) is 48.0 Å². The van der Waals surface area contributed by atoms with Crippen molar-refractivity contribution < 1.29 is 9.53 Å². The van der Waals surface area contributed by atoms with Crippen LogP contribution >= 0.6 is 0 Å². The van der Waals surface area contributed by atoms with Crippen molar-refractivity contribution >= 4 is 5.91 Å². The highest BCUT2D eigenvalue weighted by atomic mass is 16.5. The molecule has 1 amide bonds.